The van der Waals surface area contributed by atoms with E-state index in [0.717, 1.165) is 4.47 Å². The normalized spacial score (nSPS) is 19.4. The highest BCUT2D eigenvalue weighted by Gasteiger charge is 2.28. The van der Waals surface area contributed by atoms with Crippen LogP contribution in [0.1, 0.15) is 23.7 Å². The van der Waals surface area contributed by atoms with Gasteiger partial charge in [0.05, 0.1) is 18.1 Å². The van der Waals surface area contributed by atoms with E-state index in [0.29, 0.717) is 37.6 Å². The summed E-state index contributed by atoms with van der Waals surface area (Å²) in [7, 11) is -2.93. The van der Waals surface area contributed by atoms with Gasteiger partial charge in [-0.3, -0.25) is 9.79 Å². The van der Waals surface area contributed by atoms with Gasteiger partial charge < -0.3 is 16.0 Å². The molecule has 1 aromatic carbocycles. The lowest BCUT2D eigenvalue weighted by Gasteiger charge is -2.15. The van der Waals surface area contributed by atoms with Crippen molar-refractivity contribution in [1.82, 2.24) is 16.0 Å². The molecule has 1 saturated heterocycles. The minimum atomic E-state index is -2.93. The Morgan fingerprint density at radius 3 is 2.60 bits per heavy atom. The minimum absolute atomic E-state index is 0.111. The van der Waals surface area contributed by atoms with Crippen LogP contribution in [-0.2, 0) is 9.84 Å². The average molecular weight is 431 g/mol. The van der Waals surface area contributed by atoms with Crippen LogP contribution >= 0.6 is 15.9 Å². The molecule has 3 N–H and O–H groups in total. The van der Waals surface area contributed by atoms with Crippen molar-refractivity contribution in [2.24, 2.45) is 4.99 Å². The number of amides is 1. The molecule has 1 aromatic rings. The van der Waals surface area contributed by atoms with Crippen molar-refractivity contribution in [3.8, 4) is 0 Å². The van der Waals surface area contributed by atoms with Crippen LogP contribution in [0, 0.1) is 0 Å². The molecule has 1 aliphatic rings. The molecule has 1 unspecified atom stereocenters. The predicted octanol–water partition coefficient (Wildman–Crippen LogP) is 0.921. The van der Waals surface area contributed by atoms with E-state index in [9.17, 15) is 13.2 Å². The van der Waals surface area contributed by atoms with E-state index in [1.807, 2.05) is 19.1 Å². The van der Waals surface area contributed by atoms with Gasteiger partial charge in [0.2, 0.25) is 0 Å². The molecule has 0 spiro atoms. The Bertz CT molecular complexity index is 719. The van der Waals surface area contributed by atoms with Gasteiger partial charge >= 0.3 is 0 Å². The molecule has 2 rings (SSSR count). The van der Waals surface area contributed by atoms with Crippen LogP contribution in [0.15, 0.2) is 33.7 Å². The number of rotatable bonds is 6. The van der Waals surface area contributed by atoms with Crippen LogP contribution in [0.4, 0.5) is 0 Å². The molecule has 1 amide bonds. The minimum Gasteiger partial charge on any atom is -0.357 e. The third kappa shape index (κ3) is 6.66. The molecule has 25 heavy (non-hydrogen) atoms. The fraction of sp³-hybridized carbons (Fsp3) is 0.500. The quantitative estimate of drug-likeness (QED) is 0.354. The number of halogens is 1. The van der Waals surface area contributed by atoms with Gasteiger partial charge in [-0.05, 0) is 37.6 Å². The van der Waals surface area contributed by atoms with Crippen LogP contribution in [0.3, 0.4) is 0 Å². The number of sulfone groups is 1. The zero-order valence-electron chi connectivity index (χ0n) is 14.1. The van der Waals surface area contributed by atoms with E-state index in [4.69, 9.17) is 0 Å². The largest absolute Gasteiger partial charge is 0.357 e. The summed E-state index contributed by atoms with van der Waals surface area (Å²) in [5.41, 5.74) is 0.591. The highest BCUT2D eigenvalue weighted by atomic mass is 79.9. The topological polar surface area (TPSA) is 99.7 Å². The van der Waals surface area contributed by atoms with Crippen molar-refractivity contribution < 1.29 is 13.2 Å². The predicted molar refractivity (Wildman–Crippen MR) is 103 cm³/mol. The molecule has 1 atom stereocenters. The summed E-state index contributed by atoms with van der Waals surface area (Å²) >= 11 is 3.33. The molecule has 138 valence electrons. The van der Waals surface area contributed by atoms with E-state index in [1.165, 1.54) is 0 Å². The molecule has 1 fully saturated rings. The fourth-order valence-electron chi connectivity index (χ4n) is 2.46. The van der Waals surface area contributed by atoms with E-state index in [2.05, 4.69) is 36.9 Å². The molecule has 0 radical (unpaired) electrons. The maximum Gasteiger partial charge on any atom is 0.251 e. The van der Waals surface area contributed by atoms with Crippen LogP contribution < -0.4 is 16.0 Å². The molecule has 1 aliphatic heterocycles. The van der Waals surface area contributed by atoms with Crippen LogP contribution in [0.25, 0.3) is 0 Å². The summed E-state index contributed by atoms with van der Waals surface area (Å²) in [5.74, 6) is 0.774. The maximum absolute atomic E-state index is 12.0. The average Bonchev–Trinajstić information content (AvgIpc) is 2.90. The highest BCUT2D eigenvalue weighted by molar-refractivity contribution is 9.10. The van der Waals surface area contributed by atoms with Gasteiger partial charge in [-0.15, -0.1) is 0 Å². The Morgan fingerprint density at radius 1 is 1.28 bits per heavy atom. The second-order valence-corrected chi connectivity index (χ2v) is 8.91. The summed E-state index contributed by atoms with van der Waals surface area (Å²) in [4.78, 5) is 16.4. The van der Waals surface area contributed by atoms with E-state index < -0.39 is 9.84 Å². The summed E-state index contributed by atoms with van der Waals surface area (Å²) in [6.45, 7) is 3.42. The third-order valence-corrected chi connectivity index (χ3v) is 5.99. The van der Waals surface area contributed by atoms with Crippen molar-refractivity contribution in [2.75, 3.05) is 31.1 Å². The lowest BCUT2D eigenvalue weighted by Crippen LogP contribution is -2.44. The zero-order valence-corrected chi connectivity index (χ0v) is 16.5. The zero-order chi connectivity index (χ0) is 18.3. The van der Waals surface area contributed by atoms with Crippen LogP contribution in [-0.4, -0.2) is 57.5 Å². The molecule has 1 heterocycles. The Balaban J connectivity index is 1.80. The van der Waals surface area contributed by atoms with Gasteiger partial charge in [-0.2, -0.15) is 0 Å². The van der Waals surface area contributed by atoms with E-state index in [-0.39, 0.29) is 23.5 Å². The molecule has 0 aromatic heterocycles. The summed E-state index contributed by atoms with van der Waals surface area (Å²) in [5, 5.41) is 9.04. The molecular formula is C16H23BrN4O3S. The molecule has 0 saturated carbocycles. The first kappa shape index (κ1) is 19.7. The number of benzene rings is 1. The summed E-state index contributed by atoms with van der Waals surface area (Å²) in [6, 6.07) is 7.01. The van der Waals surface area contributed by atoms with Crippen LogP contribution in [0.2, 0.25) is 0 Å². The standard InChI is InChI=1S/C16H23BrN4O3S/c1-2-18-16(21-14-7-10-25(23,24)11-14)20-9-8-19-15(22)12-3-5-13(17)6-4-12/h3-6,14H,2,7-11H2,1H3,(H,19,22)(H2,18,20,21). The monoisotopic (exact) mass is 430 g/mol. The number of hydrogen-bond acceptors (Lipinski definition) is 4. The van der Waals surface area contributed by atoms with Gasteiger partial charge in [0.1, 0.15) is 0 Å². The third-order valence-electron chi connectivity index (χ3n) is 3.69. The number of carbonyl (C=O) groups excluding carboxylic acids is 1. The molecular weight excluding hydrogens is 408 g/mol. The Hall–Kier alpha value is -1.61. The molecule has 0 aliphatic carbocycles. The van der Waals surface area contributed by atoms with Crippen molar-refractivity contribution in [3.63, 3.8) is 0 Å². The highest BCUT2D eigenvalue weighted by Crippen LogP contribution is 2.11. The van der Waals surface area contributed by atoms with Gasteiger partial charge in [-0.1, -0.05) is 15.9 Å². The van der Waals surface area contributed by atoms with Gasteiger partial charge in [0, 0.05) is 29.2 Å². The number of guanidine groups is 1. The maximum atomic E-state index is 12.0. The number of carbonyl (C=O) groups is 1. The summed E-state index contributed by atoms with van der Waals surface area (Å²) < 4.78 is 24.0. The van der Waals surface area contributed by atoms with E-state index in [1.54, 1.807) is 12.1 Å². The van der Waals surface area contributed by atoms with Gasteiger partial charge in [0.25, 0.3) is 5.91 Å². The lowest BCUT2D eigenvalue weighted by atomic mass is 10.2. The smallest absolute Gasteiger partial charge is 0.251 e. The number of nitrogens with one attached hydrogen (secondary N) is 3. The lowest BCUT2D eigenvalue weighted by molar-refractivity contribution is 0.0954. The number of aliphatic imine (C=N–C) groups is 1. The van der Waals surface area contributed by atoms with Gasteiger partial charge in [0.15, 0.2) is 15.8 Å². The van der Waals surface area contributed by atoms with Crippen molar-refractivity contribution >= 4 is 37.6 Å². The second-order valence-electron chi connectivity index (χ2n) is 5.77. The van der Waals surface area contributed by atoms with Crippen molar-refractivity contribution in [1.29, 1.82) is 0 Å². The first-order valence-electron chi connectivity index (χ1n) is 8.18. The Labute approximate surface area is 156 Å². The van der Waals surface area contributed by atoms with Crippen LogP contribution in [0.5, 0.6) is 0 Å². The van der Waals surface area contributed by atoms with E-state index >= 15 is 0 Å². The number of hydrogen-bond donors (Lipinski definition) is 3. The van der Waals surface area contributed by atoms with Gasteiger partial charge in [-0.25, -0.2) is 8.42 Å². The first-order chi connectivity index (χ1) is 11.9. The summed E-state index contributed by atoms with van der Waals surface area (Å²) in [6.07, 6.45) is 0.590. The van der Waals surface area contributed by atoms with Crippen molar-refractivity contribution in [3.05, 3.63) is 34.3 Å². The SMILES string of the molecule is CCNC(=NCCNC(=O)c1ccc(Br)cc1)NC1CCS(=O)(=O)C1. The molecule has 7 nitrogen and oxygen atoms in total. The molecule has 9 heteroatoms. The first-order valence-corrected chi connectivity index (χ1v) is 10.8. The Kier molecular flexibility index (Phi) is 7.24. The molecule has 0 bridgehead atoms. The van der Waals surface area contributed by atoms with Crippen molar-refractivity contribution in [2.45, 2.75) is 19.4 Å². The Morgan fingerprint density at radius 2 is 2.00 bits per heavy atom. The second kappa shape index (κ2) is 9.19. The number of nitrogens with zero attached hydrogens (tertiary/aromatic N) is 1. The fourth-order valence-corrected chi connectivity index (χ4v) is 4.40.